The molecule has 0 saturated carbocycles. The minimum Gasteiger partial charge on any atom is -0.351 e. The molecule has 0 radical (unpaired) electrons. The Bertz CT molecular complexity index is 273. The molecule has 0 bridgehead atoms. The van der Waals surface area contributed by atoms with Crippen molar-refractivity contribution in [2.75, 3.05) is 13.1 Å². The molecular weight excluding hydrogens is 224 g/mol. The van der Waals surface area contributed by atoms with E-state index in [4.69, 9.17) is 0 Å². The predicted molar refractivity (Wildman–Crippen MR) is 76.5 cm³/mol. The van der Waals surface area contributed by atoms with Gasteiger partial charge in [-0.2, -0.15) is 0 Å². The molecule has 1 amide bonds. The highest BCUT2D eigenvalue weighted by Crippen LogP contribution is 2.27. The van der Waals surface area contributed by atoms with Crippen LogP contribution in [0.3, 0.4) is 0 Å². The van der Waals surface area contributed by atoms with Crippen molar-refractivity contribution in [3.63, 3.8) is 0 Å². The molecule has 1 aliphatic heterocycles. The minimum atomic E-state index is -0.108. The van der Waals surface area contributed by atoms with Crippen molar-refractivity contribution in [2.45, 2.75) is 65.8 Å². The molecule has 1 saturated heterocycles. The van der Waals surface area contributed by atoms with E-state index in [0.29, 0.717) is 12.3 Å². The normalized spacial score (nSPS) is 21.1. The van der Waals surface area contributed by atoms with E-state index in [2.05, 4.69) is 45.3 Å². The summed E-state index contributed by atoms with van der Waals surface area (Å²) in [4.78, 5) is 12.0. The van der Waals surface area contributed by atoms with E-state index < -0.39 is 0 Å². The summed E-state index contributed by atoms with van der Waals surface area (Å²) in [7, 11) is 0. The monoisotopic (exact) mass is 254 g/mol. The largest absolute Gasteiger partial charge is 0.351 e. The van der Waals surface area contributed by atoms with Gasteiger partial charge in [0.2, 0.25) is 5.91 Å². The lowest BCUT2D eigenvalue weighted by Crippen LogP contribution is -2.45. The van der Waals surface area contributed by atoms with E-state index in [-0.39, 0.29) is 16.9 Å². The van der Waals surface area contributed by atoms with Crippen molar-refractivity contribution in [3.8, 4) is 0 Å². The number of carbonyl (C=O) groups is 1. The molecule has 0 aromatic carbocycles. The molecular formula is C15H30N2O. The zero-order chi connectivity index (χ0) is 13.8. The van der Waals surface area contributed by atoms with Crippen LogP contribution in [0.4, 0.5) is 0 Å². The number of carbonyl (C=O) groups excluding carboxylic acids is 1. The summed E-state index contributed by atoms with van der Waals surface area (Å²) in [6.07, 6.45) is 3.90. The maximum atomic E-state index is 12.0. The van der Waals surface area contributed by atoms with Gasteiger partial charge in [0.15, 0.2) is 0 Å². The Labute approximate surface area is 112 Å². The lowest BCUT2D eigenvalue weighted by Gasteiger charge is -2.33. The van der Waals surface area contributed by atoms with Gasteiger partial charge in [-0.25, -0.2) is 0 Å². The number of rotatable bonds is 5. The van der Waals surface area contributed by atoms with E-state index in [1.165, 1.54) is 6.42 Å². The molecule has 3 heteroatoms. The van der Waals surface area contributed by atoms with Crippen molar-refractivity contribution in [1.82, 2.24) is 10.6 Å². The molecule has 3 nitrogen and oxygen atoms in total. The quantitative estimate of drug-likeness (QED) is 0.792. The first-order valence-electron chi connectivity index (χ1n) is 7.20. The summed E-state index contributed by atoms with van der Waals surface area (Å²) in [6, 6.07) is 0. The number of hydrogen-bond donors (Lipinski definition) is 2. The molecule has 1 rings (SSSR count). The Morgan fingerprint density at radius 2 is 1.94 bits per heavy atom. The topological polar surface area (TPSA) is 41.1 Å². The standard InChI is InChI=1S/C15H30N2O/c1-14(2,3)11-15(4,5)17-13(18)7-6-12-8-9-16-10-12/h12,16H,6-11H2,1-5H3,(H,17,18). The molecule has 1 heterocycles. The van der Waals surface area contributed by atoms with Crippen LogP contribution in [0.2, 0.25) is 0 Å². The van der Waals surface area contributed by atoms with Crippen LogP contribution in [0.25, 0.3) is 0 Å². The van der Waals surface area contributed by atoms with Gasteiger partial charge >= 0.3 is 0 Å². The fourth-order valence-electron chi connectivity index (χ4n) is 3.11. The highest BCUT2D eigenvalue weighted by atomic mass is 16.1. The zero-order valence-corrected chi connectivity index (χ0v) is 12.7. The van der Waals surface area contributed by atoms with Crippen LogP contribution in [-0.2, 0) is 4.79 Å². The van der Waals surface area contributed by atoms with Crippen molar-refractivity contribution in [3.05, 3.63) is 0 Å². The van der Waals surface area contributed by atoms with Gasteiger partial charge in [0.1, 0.15) is 0 Å². The van der Waals surface area contributed by atoms with Crippen LogP contribution < -0.4 is 10.6 Å². The van der Waals surface area contributed by atoms with Gasteiger partial charge < -0.3 is 10.6 Å². The van der Waals surface area contributed by atoms with E-state index in [9.17, 15) is 4.79 Å². The smallest absolute Gasteiger partial charge is 0.220 e. The van der Waals surface area contributed by atoms with Crippen LogP contribution in [0.1, 0.15) is 60.3 Å². The Hall–Kier alpha value is -0.570. The number of hydrogen-bond acceptors (Lipinski definition) is 2. The molecule has 0 aromatic heterocycles. The van der Waals surface area contributed by atoms with Gasteiger partial charge in [0, 0.05) is 12.0 Å². The second-order valence-corrected chi connectivity index (χ2v) is 7.57. The molecule has 1 aliphatic rings. The van der Waals surface area contributed by atoms with Crippen LogP contribution in [0.15, 0.2) is 0 Å². The summed E-state index contributed by atoms with van der Waals surface area (Å²) < 4.78 is 0. The van der Waals surface area contributed by atoms with E-state index in [1.54, 1.807) is 0 Å². The highest BCUT2D eigenvalue weighted by Gasteiger charge is 2.27. The molecule has 0 aromatic rings. The Morgan fingerprint density at radius 1 is 1.28 bits per heavy atom. The van der Waals surface area contributed by atoms with E-state index in [0.717, 1.165) is 25.9 Å². The summed E-state index contributed by atoms with van der Waals surface area (Å²) in [5.41, 5.74) is 0.134. The third-order valence-electron chi connectivity index (χ3n) is 3.39. The van der Waals surface area contributed by atoms with Gasteiger partial charge in [-0.15, -0.1) is 0 Å². The first kappa shape index (κ1) is 15.5. The lowest BCUT2D eigenvalue weighted by atomic mass is 9.81. The van der Waals surface area contributed by atoms with Gasteiger partial charge in [-0.3, -0.25) is 4.79 Å². The van der Waals surface area contributed by atoms with E-state index >= 15 is 0 Å². The Kier molecular flexibility index (Phi) is 5.20. The first-order valence-corrected chi connectivity index (χ1v) is 7.20. The summed E-state index contributed by atoms with van der Waals surface area (Å²) in [6.45, 7) is 13.1. The molecule has 0 aliphatic carbocycles. The molecule has 1 unspecified atom stereocenters. The van der Waals surface area contributed by atoms with Gasteiger partial charge in [-0.1, -0.05) is 20.8 Å². The molecule has 2 N–H and O–H groups in total. The number of amides is 1. The predicted octanol–water partition coefficient (Wildman–Crippen LogP) is 2.71. The Balaban J connectivity index is 2.29. The lowest BCUT2D eigenvalue weighted by molar-refractivity contribution is -0.123. The average molecular weight is 254 g/mol. The third-order valence-corrected chi connectivity index (χ3v) is 3.39. The molecule has 1 atom stereocenters. The van der Waals surface area contributed by atoms with Gasteiger partial charge in [0.25, 0.3) is 0 Å². The average Bonchev–Trinajstić information content (AvgIpc) is 2.61. The molecule has 1 fully saturated rings. The van der Waals surface area contributed by atoms with E-state index in [1.807, 2.05) is 0 Å². The summed E-state index contributed by atoms with van der Waals surface area (Å²) >= 11 is 0. The second-order valence-electron chi connectivity index (χ2n) is 7.57. The van der Waals surface area contributed by atoms with Crippen molar-refractivity contribution < 1.29 is 4.79 Å². The van der Waals surface area contributed by atoms with Crippen molar-refractivity contribution in [1.29, 1.82) is 0 Å². The van der Waals surface area contributed by atoms with Crippen LogP contribution >= 0.6 is 0 Å². The van der Waals surface area contributed by atoms with Gasteiger partial charge in [-0.05, 0) is 57.5 Å². The minimum absolute atomic E-state index is 0.108. The zero-order valence-electron chi connectivity index (χ0n) is 12.7. The van der Waals surface area contributed by atoms with Crippen LogP contribution in [0, 0.1) is 11.3 Å². The fourth-order valence-corrected chi connectivity index (χ4v) is 3.11. The molecule has 18 heavy (non-hydrogen) atoms. The first-order chi connectivity index (χ1) is 8.18. The Morgan fingerprint density at radius 3 is 2.44 bits per heavy atom. The molecule has 0 spiro atoms. The maximum Gasteiger partial charge on any atom is 0.220 e. The SMILES string of the molecule is CC(C)(C)CC(C)(C)NC(=O)CCC1CCNC1. The summed E-state index contributed by atoms with van der Waals surface area (Å²) in [5.74, 6) is 0.901. The van der Waals surface area contributed by atoms with Crippen molar-refractivity contribution >= 4 is 5.91 Å². The maximum absolute atomic E-state index is 12.0. The van der Waals surface area contributed by atoms with Gasteiger partial charge in [0.05, 0.1) is 0 Å². The highest BCUT2D eigenvalue weighted by molar-refractivity contribution is 5.76. The fraction of sp³-hybridized carbons (Fsp3) is 0.933. The van der Waals surface area contributed by atoms with Crippen LogP contribution in [0.5, 0.6) is 0 Å². The third kappa shape index (κ3) is 6.39. The number of nitrogens with one attached hydrogen (secondary N) is 2. The second kappa shape index (κ2) is 6.05. The summed E-state index contributed by atoms with van der Waals surface area (Å²) in [5, 5.41) is 6.52. The van der Waals surface area contributed by atoms with Crippen molar-refractivity contribution in [2.24, 2.45) is 11.3 Å². The molecule has 106 valence electrons. The van der Waals surface area contributed by atoms with Crippen LogP contribution in [-0.4, -0.2) is 24.5 Å².